The molecule has 2 atom stereocenters. The maximum Gasteiger partial charge on any atom is 0.0210 e. The molecule has 2 aromatic rings. The molecule has 17 heavy (non-hydrogen) atoms. The van der Waals surface area contributed by atoms with Crippen LogP contribution in [0.15, 0.2) is 47.8 Å². The highest BCUT2D eigenvalue weighted by Gasteiger charge is 2.19. The van der Waals surface area contributed by atoms with Gasteiger partial charge < -0.3 is 11.5 Å². The summed E-state index contributed by atoms with van der Waals surface area (Å²) < 4.78 is 0. The molecule has 0 aliphatic heterocycles. The highest BCUT2D eigenvalue weighted by atomic mass is 32.1. The summed E-state index contributed by atoms with van der Waals surface area (Å²) in [4.78, 5) is 1.29. The second-order valence-electron chi connectivity index (χ2n) is 4.21. The van der Waals surface area contributed by atoms with E-state index in [1.807, 2.05) is 18.2 Å². The van der Waals surface area contributed by atoms with Gasteiger partial charge in [0.05, 0.1) is 0 Å². The Morgan fingerprint density at radius 3 is 2.41 bits per heavy atom. The summed E-state index contributed by atoms with van der Waals surface area (Å²) in [6, 6.07) is 14.6. The topological polar surface area (TPSA) is 52.0 Å². The van der Waals surface area contributed by atoms with Crippen molar-refractivity contribution in [2.24, 2.45) is 11.5 Å². The van der Waals surface area contributed by atoms with E-state index in [4.69, 9.17) is 11.5 Å². The standard InChI is InChI=1S/C14H18N2S/c15-10-12(14-7-4-8-17-14)13(16)9-11-5-2-1-3-6-11/h1-8,12-13H,9-10,15-16H2. The van der Waals surface area contributed by atoms with Crippen LogP contribution in [0.1, 0.15) is 16.4 Å². The zero-order valence-electron chi connectivity index (χ0n) is 9.75. The minimum atomic E-state index is 0.0843. The molecule has 2 unspecified atom stereocenters. The van der Waals surface area contributed by atoms with Gasteiger partial charge in [0.1, 0.15) is 0 Å². The summed E-state index contributed by atoms with van der Waals surface area (Å²) in [7, 11) is 0. The fraction of sp³-hybridized carbons (Fsp3) is 0.286. The van der Waals surface area contributed by atoms with Crippen molar-refractivity contribution in [2.75, 3.05) is 6.54 Å². The second kappa shape index (κ2) is 5.96. The molecule has 90 valence electrons. The summed E-state index contributed by atoms with van der Waals surface area (Å²) in [5.74, 6) is 0.259. The first-order valence-corrected chi connectivity index (χ1v) is 6.72. The fourth-order valence-electron chi connectivity index (χ4n) is 2.03. The minimum Gasteiger partial charge on any atom is -0.330 e. The van der Waals surface area contributed by atoms with Gasteiger partial charge in [-0.05, 0) is 23.4 Å². The quantitative estimate of drug-likeness (QED) is 0.851. The summed E-state index contributed by atoms with van der Waals surface area (Å²) >= 11 is 1.73. The molecule has 0 aliphatic carbocycles. The lowest BCUT2D eigenvalue weighted by atomic mass is 9.93. The van der Waals surface area contributed by atoms with Crippen LogP contribution >= 0.6 is 11.3 Å². The van der Waals surface area contributed by atoms with Crippen molar-refractivity contribution in [2.45, 2.75) is 18.4 Å². The Balaban J connectivity index is 2.06. The van der Waals surface area contributed by atoms with E-state index in [0.717, 1.165) is 6.42 Å². The first-order chi connectivity index (χ1) is 8.31. The molecule has 0 bridgehead atoms. The number of benzene rings is 1. The minimum absolute atomic E-state index is 0.0843. The van der Waals surface area contributed by atoms with Gasteiger partial charge in [-0.1, -0.05) is 36.4 Å². The van der Waals surface area contributed by atoms with E-state index >= 15 is 0 Å². The fourth-order valence-corrected chi connectivity index (χ4v) is 2.95. The SMILES string of the molecule is NCC(c1cccs1)C(N)Cc1ccccc1. The molecule has 2 rings (SSSR count). The highest BCUT2D eigenvalue weighted by molar-refractivity contribution is 7.10. The second-order valence-corrected chi connectivity index (χ2v) is 5.19. The van der Waals surface area contributed by atoms with Crippen LogP contribution in [0.4, 0.5) is 0 Å². The molecule has 0 saturated carbocycles. The van der Waals surface area contributed by atoms with E-state index in [1.54, 1.807) is 11.3 Å². The molecule has 1 heterocycles. The summed E-state index contributed by atoms with van der Waals surface area (Å²) in [6.45, 7) is 0.606. The summed E-state index contributed by atoms with van der Waals surface area (Å²) in [5, 5.41) is 2.08. The van der Waals surface area contributed by atoms with Crippen LogP contribution in [0.5, 0.6) is 0 Å². The number of rotatable bonds is 5. The number of thiophene rings is 1. The van der Waals surface area contributed by atoms with Gasteiger partial charge in [-0.2, -0.15) is 0 Å². The molecule has 0 radical (unpaired) electrons. The van der Waals surface area contributed by atoms with E-state index in [9.17, 15) is 0 Å². The van der Waals surface area contributed by atoms with E-state index in [-0.39, 0.29) is 12.0 Å². The van der Waals surface area contributed by atoms with E-state index in [0.29, 0.717) is 6.54 Å². The van der Waals surface area contributed by atoms with Gasteiger partial charge in [-0.3, -0.25) is 0 Å². The van der Waals surface area contributed by atoms with Crippen molar-refractivity contribution in [3.63, 3.8) is 0 Å². The maximum atomic E-state index is 6.28. The Hall–Kier alpha value is -1.16. The zero-order chi connectivity index (χ0) is 12.1. The molecular formula is C14H18N2S. The van der Waals surface area contributed by atoms with Gasteiger partial charge in [0.15, 0.2) is 0 Å². The van der Waals surface area contributed by atoms with Gasteiger partial charge in [0.25, 0.3) is 0 Å². The third-order valence-electron chi connectivity index (χ3n) is 2.99. The van der Waals surface area contributed by atoms with Crippen LogP contribution in [-0.4, -0.2) is 12.6 Å². The number of hydrogen-bond donors (Lipinski definition) is 2. The van der Waals surface area contributed by atoms with Crippen molar-refractivity contribution < 1.29 is 0 Å². The van der Waals surface area contributed by atoms with Gasteiger partial charge in [0, 0.05) is 23.4 Å². The summed E-state index contributed by atoms with van der Waals surface area (Å²) in [5.41, 5.74) is 13.4. The molecular weight excluding hydrogens is 228 g/mol. The van der Waals surface area contributed by atoms with Crippen molar-refractivity contribution in [3.05, 3.63) is 58.3 Å². The molecule has 1 aromatic heterocycles. The molecule has 0 saturated heterocycles. The zero-order valence-corrected chi connectivity index (χ0v) is 10.6. The predicted octanol–water partition coefficient (Wildman–Crippen LogP) is 2.36. The van der Waals surface area contributed by atoms with Crippen molar-refractivity contribution in [1.29, 1.82) is 0 Å². The number of nitrogens with two attached hydrogens (primary N) is 2. The molecule has 4 N–H and O–H groups in total. The van der Waals surface area contributed by atoms with Crippen molar-refractivity contribution in [3.8, 4) is 0 Å². The molecule has 0 amide bonds. The lowest BCUT2D eigenvalue weighted by Gasteiger charge is -2.21. The lowest BCUT2D eigenvalue weighted by molar-refractivity contribution is 0.542. The van der Waals surface area contributed by atoms with E-state index in [1.165, 1.54) is 10.4 Å². The molecule has 2 nitrogen and oxygen atoms in total. The Morgan fingerprint density at radius 2 is 1.82 bits per heavy atom. The van der Waals surface area contributed by atoms with E-state index in [2.05, 4.69) is 29.6 Å². The van der Waals surface area contributed by atoms with Gasteiger partial charge in [-0.15, -0.1) is 11.3 Å². The predicted molar refractivity (Wildman–Crippen MR) is 74.2 cm³/mol. The van der Waals surface area contributed by atoms with E-state index < -0.39 is 0 Å². The molecule has 0 aliphatic rings. The van der Waals surface area contributed by atoms with Crippen molar-refractivity contribution in [1.82, 2.24) is 0 Å². The van der Waals surface area contributed by atoms with Gasteiger partial charge >= 0.3 is 0 Å². The van der Waals surface area contributed by atoms with Crippen LogP contribution in [0.3, 0.4) is 0 Å². The monoisotopic (exact) mass is 246 g/mol. The molecule has 3 heteroatoms. The Kier molecular flexibility index (Phi) is 4.31. The third kappa shape index (κ3) is 3.16. The van der Waals surface area contributed by atoms with Gasteiger partial charge in [0.2, 0.25) is 0 Å². The lowest BCUT2D eigenvalue weighted by Crippen LogP contribution is -2.34. The largest absolute Gasteiger partial charge is 0.330 e. The van der Waals surface area contributed by atoms with Crippen LogP contribution in [0, 0.1) is 0 Å². The average Bonchev–Trinajstić information content (AvgIpc) is 2.85. The normalized spacial score (nSPS) is 14.5. The van der Waals surface area contributed by atoms with Crippen LogP contribution < -0.4 is 11.5 Å². The smallest absolute Gasteiger partial charge is 0.0210 e. The molecule has 0 spiro atoms. The van der Waals surface area contributed by atoms with Gasteiger partial charge in [-0.25, -0.2) is 0 Å². The first-order valence-electron chi connectivity index (χ1n) is 5.84. The Bertz CT molecular complexity index is 425. The van der Waals surface area contributed by atoms with Crippen molar-refractivity contribution >= 4 is 11.3 Å². The van der Waals surface area contributed by atoms with Crippen LogP contribution in [0.2, 0.25) is 0 Å². The maximum absolute atomic E-state index is 6.28. The molecule has 0 fully saturated rings. The average molecular weight is 246 g/mol. The summed E-state index contributed by atoms with van der Waals surface area (Å²) in [6.07, 6.45) is 0.876. The third-order valence-corrected chi connectivity index (χ3v) is 4.00. The molecule has 1 aromatic carbocycles. The Morgan fingerprint density at radius 1 is 1.06 bits per heavy atom. The first kappa shape index (κ1) is 12.3. The van der Waals surface area contributed by atoms with Crippen LogP contribution in [0.25, 0.3) is 0 Å². The highest BCUT2D eigenvalue weighted by Crippen LogP contribution is 2.24. The number of hydrogen-bond acceptors (Lipinski definition) is 3. The van der Waals surface area contributed by atoms with Crippen LogP contribution in [-0.2, 0) is 6.42 Å². The Labute approximate surface area is 106 Å².